The predicted octanol–water partition coefficient (Wildman–Crippen LogP) is 2.90. The van der Waals surface area contributed by atoms with Crippen LogP contribution in [0.1, 0.15) is 0 Å². The molecule has 1 nitrogen and oxygen atoms in total. The summed E-state index contributed by atoms with van der Waals surface area (Å²) >= 11 is 0. The number of hydrogen-bond acceptors (Lipinski definition) is 1. The van der Waals surface area contributed by atoms with Gasteiger partial charge in [-0.2, -0.15) is 0 Å². The fourth-order valence-electron chi connectivity index (χ4n) is 1.95. The molecular weight excluding hydrogens is 278 g/mol. The van der Waals surface area contributed by atoms with E-state index in [1.54, 1.807) is 60.7 Å². The Balaban J connectivity index is 2.25. The van der Waals surface area contributed by atoms with Gasteiger partial charge in [-0.3, -0.25) is 8.22 Å². The maximum atomic E-state index is 14.7. The Morgan fingerprint density at radius 1 is 0.684 bits per heavy atom. The second kappa shape index (κ2) is 5.36. The summed E-state index contributed by atoms with van der Waals surface area (Å²) in [5.74, 6) is 0. The third-order valence-electron chi connectivity index (χ3n) is 2.96. The van der Waals surface area contributed by atoms with Gasteiger partial charge in [-0.25, -0.2) is 0 Å². The molecule has 0 bridgehead atoms. The van der Waals surface area contributed by atoms with E-state index in [1.165, 1.54) is 13.1 Å². The lowest BCUT2D eigenvalue weighted by Crippen LogP contribution is -2.56. The molecule has 5 heteroatoms. The van der Waals surface area contributed by atoms with Crippen molar-refractivity contribution in [1.82, 2.24) is 0 Å². The number of hydrogen-bond donors (Lipinski definition) is 0. The lowest BCUT2D eigenvalue weighted by Gasteiger charge is -2.27. The van der Waals surface area contributed by atoms with Crippen LogP contribution in [0.15, 0.2) is 60.7 Å². The van der Waals surface area contributed by atoms with Gasteiger partial charge in [0.2, 0.25) is 0 Å². The minimum absolute atomic E-state index is 0.460. The van der Waals surface area contributed by atoms with E-state index >= 15 is 0 Å². The van der Waals surface area contributed by atoms with Gasteiger partial charge in [-0.1, -0.05) is 60.7 Å². The molecule has 0 spiro atoms. The van der Waals surface area contributed by atoms with Crippen LogP contribution >= 0.6 is 0 Å². The van der Waals surface area contributed by atoms with E-state index in [-0.39, 0.29) is 0 Å². The molecule has 0 fully saturated rings. The molecule has 2 rings (SSSR count). The van der Waals surface area contributed by atoms with E-state index in [0.717, 1.165) is 0 Å². The monoisotopic (exact) mass is 294 g/mol. The van der Waals surface area contributed by atoms with Crippen LogP contribution in [0.25, 0.3) is 0 Å². The molecule has 0 heterocycles. The third-order valence-corrected chi connectivity index (χ3v) is 8.76. The SMILES string of the molecule is C[Si](F)(O[Si](C)(F)c1ccccc1)c1ccccc1. The highest BCUT2D eigenvalue weighted by molar-refractivity contribution is 6.92. The largest absolute Gasteiger partial charge is 0.404 e. The van der Waals surface area contributed by atoms with Crippen molar-refractivity contribution in [3.8, 4) is 0 Å². The van der Waals surface area contributed by atoms with Crippen LogP contribution in [0.4, 0.5) is 8.22 Å². The van der Waals surface area contributed by atoms with Crippen molar-refractivity contribution >= 4 is 27.7 Å². The van der Waals surface area contributed by atoms with Crippen LogP contribution < -0.4 is 10.4 Å². The molecule has 0 saturated carbocycles. The standard InChI is InChI=1S/C14H16F2OSi2/c1-18(15,13-9-5-3-6-10-13)17-19(2,16)14-11-7-4-8-12-14/h3-12H,1-2H3. The average Bonchev–Trinajstić information content (AvgIpc) is 2.40. The maximum Gasteiger partial charge on any atom is 0.404 e. The van der Waals surface area contributed by atoms with Gasteiger partial charge in [0.05, 0.1) is 0 Å². The minimum Gasteiger partial charge on any atom is -0.402 e. The molecule has 0 aromatic heterocycles. The van der Waals surface area contributed by atoms with E-state index in [1.807, 2.05) is 0 Å². The van der Waals surface area contributed by atoms with Gasteiger partial charge in [-0.05, 0) is 23.5 Å². The molecule has 2 atom stereocenters. The molecule has 0 aliphatic rings. The maximum absolute atomic E-state index is 14.7. The van der Waals surface area contributed by atoms with Gasteiger partial charge < -0.3 is 4.12 Å². The van der Waals surface area contributed by atoms with E-state index in [9.17, 15) is 8.22 Å². The lowest BCUT2D eigenvalue weighted by molar-refractivity contribution is 0.436. The highest BCUT2D eigenvalue weighted by atomic mass is 28.5. The van der Waals surface area contributed by atoms with Crippen LogP contribution in [0, 0.1) is 0 Å². The van der Waals surface area contributed by atoms with E-state index < -0.39 is 17.3 Å². The van der Waals surface area contributed by atoms with Crippen molar-refractivity contribution in [3.63, 3.8) is 0 Å². The molecule has 0 amide bonds. The number of rotatable bonds is 4. The number of benzene rings is 2. The van der Waals surface area contributed by atoms with E-state index in [0.29, 0.717) is 10.4 Å². The molecule has 0 radical (unpaired) electrons. The van der Waals surface area contributed by atoms with Crippen molar-refractivity contribution in [1.29, 1.82) is 0 Å². The predicted molar refractivity (Wildman–Crippen MR) is 78.7 cm³/mol. The summed E-state index contributed by atoms with van der Waals surface area (Å²) in [7, 11) is -7.42. The summed E-state index contributed by atoms with van der Waals surface area (Å²) in [4.78, 5) is 0. The van der Waals surface area contributed by atoms with Crippen molar-refractivity contribution in [2.75, 3.05) is 0 Å². The van der Waals surface area contributed by atoms with E-state index in [4.69, 9.17) is 4.12 Å². The molecule has 0 aliphatic carbocycles. The summed E-state index contributed by atoms with van der Waals surface area (Å²) < 4.78 is 34.8. The molecule has 19 heavy (non-hydrogen) atoms. The van der Waals surface area contributed by atoms with Crippen LogP contribution in [0.5, 0.6) is 0 Å². The van der Waals surface area contributed by atoms with Crippen molar-refractivity contribution in [2.24, 2.45) is 0 Å². The van der Waals surface area contributed by atoms with Gasteiger partial charge in [0.15, 0.2) is 0 Å². The Kier molecular flexibility index (Phi) is 3.98. The molecule has 0 saturated heterocycles. The van der Waals surface area contributed by atoms with Gasteiger partial charge in [0.1, 0.15) is 0 Å². The Morgan fingerprint density at radius 3 is 1.32 bits per heavy atom. The van der Waals surface area contributed by atoms with Crippen LogP contribution in [-0.2, 0) is 4.12 Å². The molecule has 100 valence electrons. The molecular formula is C14H16F2OSi2. The first kappa shape index (κ1) is 14.1. The van der Waals surface area contributed by atoms with Crippen molar-refractivity contribution in [2.45, 2.75) is 13.1 Å². The summed E-state index contributed by atoms with van der Waals surface area (Å²) in [6, 6.07) is 17.2. The third kappa shape index (κ3) is 3.37. The molecule has 2 unspecified atom stereocenters. The first-order valence-corrected chi connectivity index (χ1v) is 10.7. The Bertz CT molecular complexity index is 480. The minimum atomic E-state index is -3.71. The normalized spacial score (nSPS) is 17.5. The van der Waals surface area contributed by atoms with Crippen LogP contribution in [0.2, 0.25) is 13.1 Å². The zero-order valence-electron chi connectivity index (χ0n) is 10.9. The van der Waals surface area contributed by atoms with Gasteiger partial charge >= 0.3 is 17.3 Å². The first-order valence-electron chi connectivity index (χ1n) is 6.11. The van der Waals surface area contributed by atoms with Crippen molar-refractivity contribution < 1.29 is 12.3 Å². The second-order valence-electron chi connectivity index (χ2n) is 4.67. The Labute approximate surface area is 114 Å². The van der Waals surface area contributed by atoms with Gasteiger partial charge in [0.25, 0.3) is 0 Å². The fraction of sp³-hybridized carbons (Fsp3) is 0.143. The highest BCUT2D eigenvalue weighted by Gasteiger charge is 2.44. The summed E-state index contributed by atoms with van der Waals surface area (Å²) in [6.45, 7) is 2.77. The summed E-state index contributed by atoms with van der Waals surface area (Å²) in [5, 5.41) is 0.921. The zero-order valence-corrected chi connectivity index (χ0v) is 12.9. The zero-order chi connectivity index (χ0) is 13.9. The molecule has 0 N–H and O–H groups in total. The van der Waals surface area contributed by atoms with Crippen LogP contribution in [0.3, 0.4) is 0 Å². The van der Waals surface area contributed by atoms with Crippen LogP contribution in [-0.4, -0.2) is 17.3 Å². The smallest absolute Gasteiger partial charge is 0.402 e. The average molecular weight is 294 g/mol. The second-order valence-corrected chi connectivity index (χ2v) is 10.3. The summed E-state index contributed by atoms with van der Waals surface area (Å²) in [5.41, 5.74) is 0. The van der Waals surface area contributed by atoms with Crippen molar-refractivity contribution in [3.05, 3.63) is 60.7 Å². The lowest BCUT2D eigenvalue weighted by atomic mass is 10.4. The first-order chi connectivity index (χ1) is 8.92. The molecule has 2 aromatic carbocycles. The highest BCUT2D eigenvalue weighted by Crippen LogP contribution is 2.17. The molecule has 2 aromatic rings. The summed E-state index contributed by atoms with van der Waals surface area (Å²) in [6.07, 6.45) is 0. The van der Waals surface area contributed by atoms with Gasteiger partial charge in [-0.15, -0.1) is 0 Å². The fourth-order valence-corrected chi connectivity index (χ4v) is 7.35. The van der Waals surface area contributed by atoms with E-state index in [2.05, 4.69) is 0 Å². The van der Waals surface area contributed by atoms with Gasteiger partial charge in [0, 0.05) is 0 Å². The Hall–Kier alpha value is -1.31. The molecule has 0 aliphatic heterocycles. The number of halogens is 2. The quantitative estimate of drug-likeness (QED) is 0.622. The Morgan fingerprint density at radius 2 is 1.00 bits per heavy atom. The topological polar surface area (TPSA) is 9.23 Å².